The number of hydrogen-bond donors (Lipinski definition) is 1. The SMILES string of the molecule is COC(=O)c1cc(CSCC(=O)Nc2ccccc2C)oc1C. The lowest BCUT2D eigenvalue weighted by Gasteiger charge is -2.07. The first kappa shape index (κ1) is 17.1. The molecule has 0 spiro atoms. The Bertz CT molecular complexity index is 708. The lowest BCUT2D eigenvalue weighted by atomic mass is 10.2. The monoisotopic (exact) mass is 333 g/mol. The maximum Gasteiger partial charge on any atom is 0.341 e. The van der Waals surface area contributed by atoms with Crippen LogP contribution < -0.4 is 5.32 Å². The first-order valence-corrected chi connectivity index (χ1v) is 8.27. The molecule has 0 unspecified atom stereocenters. The van der Waals surface area contributed by atoms with Gasteiger partial charge in [0.15, 0.2) is 0 Å². The number of anilines is 1. The van der Waals surface area contributed by atoms with Crippen molar-refractivity contribution in [1.29, 1.82) is 0 Å². The van der Waals surface area contributed by atoms with E-state index in [-0.39, 0.29) is 5.91 Å². The highest BCUT2D eigenvalue weighted by Gasteiger charge is 2.15. The standard InChI is InChI=1S/C17H19NO4S/c1-11-6-4-5-7-15(11)18-16(19)10-23-9-13-8-14(12(2)22-13)17(20)21-3/h4-8H,9-10H2,1-3H3,(H,18,19). The van der Waals surface area contributed by atoms with Crippen molar-refractivity contribution in [3.63, 3.8) is 0 Å². The van der Waals surface area contributed by atoms with Gasteiger partial charge in [-0.1, -0.05) is 18.2 Å². The summed E-state index contributed by atoms with van der Waals surface area (Å²) in [5.41, 5.74) is 2.27. The molecule has 0 aliphatic carbocycles. The van der Waals surface area contributed by atoms with Gasteiger partial charge in [-0.2, -0.15) is 0 Å². The maximum absolute atomic E-state index is 11.9. The van der Waals surface area contributed by atoms with Crippen molar-refractivity contribution in [3.05, 3.63) is 53.0 Å². The number of para-hydroxylation sites is 1. The second kappa shape index (κ2) is 7.87. The summed E-state index contributed by atoms with van der Waals surface area (Å²) in [4.78, 5) is 23.5. The Kier molecular flexibility index (Phi) is 5.87. The highest BCUT2D eigenvalue weighted by atomic mass is 32.2. The van der Waals surface area contributed by atoms with Crippen LogP contribution in [0.3, 0.4) is 0 Å². The third-order valence-electron chi connectivity index (χ3n) is 3.27. The fourth-order valence-corrected chi connectivity index (χ4v) is 2.77. The second-order valence-corrected chi connectivity index (χ2v) is 6.02. The van der Waals surface area contributed by atoms with E-state index in [1.165, 1.54) is 18.9 Å². The number of rotatable bonds is 6. The molecule has 122 valence electrons. The van der Waals surface area contributed by atoms with E-state index < -0.39 is 5.97 Å². The zero-order valence-corrected chi connectivity index (χ0v) is 14.2. The first-order valence-electron chi connectivity index (χ1n) is 7.12. The molecule has 1 heterocycles. The Morgan fingerprint density at radius 1 is 1.26 bits per heavy atom. The Labute approximate surface area is 139 Å². The Morgan fingerprint density at radius 3 is 2.70 bits per heavy atom. The quantitative estimate of drug-likeness (QED) is 0.819. The molecule has 2 rings (SSSR count). The van der Waals surface area contributed by atoms with E-state index in [0.717, 1.165) is 11.3 Å². The molecule has 0 fully saturated rings. The van der Waals surface area contributed by atoms with E-state index in [4.69, 9.17) is 4.42 Å². The van der Waals surface area contributed by atoms with E-state index in [1.54, 1.807) is 13.0 Å². The largest absolute Gasteiger partial charge is 0.465 e. The van der Waals surface area contributed by atoms with E-state index >= 15 is 0 Å². The lowest BCUT2D eigenvalue weighted by molar-refractivity contribution is -0.113. The minimum absolute atomic E-state index is 0.0687. The van der Waals surface area contributed by atoms with Gasteiger partial charge in [-0.05, 0) is 31.5 Å². The average molecular weight is 333 g/mol. The number of carbonyl (C=O) groups is 2. The molecule has 0 aliphatic rings. The smallest absolute Gasteiger partial charge is 0.341 e. The minimum Gasteiger partial charge on any atom is -0.465 e. The fourth-order valence-electron chi connectivity index (χ4n) is 2.07. The van der Waals surface area contributed by atoms with Crippen molar-refractivity contribution < 1.29 is 18.7 Å². The number of furan rings is 1. The number of benzene rings is 1. The summed E-state index contributed by atoms with van der Waals surface area (Å²) < 4.78 is 10.2. The molecule has 5 nitrogen and oxygen atoms in total. The molecule has 0 aliphatic heterocycles. The molecular formula is C17H19NO4S. The third-order valence-corrected chi connectivity index (χ3v) is 4.23. The molecule has 1 amide bonds. The van der Waals surface area contributed by atoms with Crippen molar-refractivity contribution in [2.45, 2.75) is 19.6 Å². The number of thioether (sulfide) groups is 1. The van der Waals surface area contributed by atoms with Gasteiger partial charge in [0.1, 0.15) is 17.1 Å². The molecule has 6 heteroatoms. The Balaban J connectivity index is 1.84. The van der Waals surface area contributed by atoms with E-state index in [0.29, 0.717) is 28.6 Å². The van der Waals surface area contributed by atoms with Crippen molar-refractivity contribution in [3.8, 4) is 0 Å². The summed E-state index contributed by atoms with van der Waals surface area (Å²) in [6.45, 7) is 3.66. The molecule has 1 aromatic carbocycles. The van der Waals surface area contributed by atoms with Crippen molar-refractivity contribution in [1.82, 2.24) is 0 Å². The number of aryl methyl sites for hydroxylation is 2. The van der Waals surface area contributed by atoms with Gasteiger partial charge in [0, 0.05) is 5.69 Å². The average Bonchev–Trinajstić information content (AvgIpc) is 2.89. The summed E-state index contributed by atoms with van der Waals surface area (Å²) in [5, 5.41) is 2.88. The van der Waals surface area contributed by atoms with E-state index in [9.17, 15) is 9.59 Å². The minimum atomic E-state index is -0.417. The molecule has 0 atom stereocenters. The van der Waals surface area contributed by atoms with Gasteiger partial charge in [0.2, 0.25) is 5.91 Å². The van der Waals surface area contributed by atoms with Gasteiger partial charge >= 0.3 is 5.97 Å². The van der Waals surface area contributed by atoms with Gasteiger partial charge in [0.05, 0.1) is 18.6 Å². The molecule has 0 saturated heterocycles. The van der Waals surface area contributed by atoms with E-state index in [1.807, 2.05) is 31.2 Å². The van der Waals surface area contributed by atoms with E-state index in [2.05, 4.69) is 10.1 Å². The second-order valence-electron chi connectivity index (χ2n) is 5.03. The summed E-state index contributed by atoms with van der Waals surface area (Å²) in [6.07, 6.45) is 0. The predicted octanol–water partition coefficient (Wildman–Crippen LogP) is 3.55. The van der Waals surface area contributed by atoms with Gasteiger partial charge in [-0.15, -0.1) is 11.8 Å². The number of ether oxygens (including phenoxy) is 1. The number of amides is 1. The Morgan fingerprint density at radius 2 is 2.00 bits per heavy atom. The summed E-state index contributed by atoms with van der Waals surface area (Å²) in [7, 11) is 1.33. The zero-order valence-electron chi connectivity index (χ0n) is 13.3. The zero-order chi connectivity index (χ0) is 16.8. The molecular weight excluding hydrogens is 314 g/mol. The van der Waals surface area contributed by atoms with Crippen LogP contribution in [0.4, 0.5) is 5.69 Å². The number of methoxy groups -OCH3 is 1. The lowest BCUT2D eigenvalue weighted by Crippen LogP contribution is -2.14. The molecule has 1 aromatic heterocycles. The summed E-state index contributed by atoms with van der Waals surface area (Å²) in [6, 6.07) is 9.29. The highest BCUT2D eigenvalue weighted by molar-refractivity contribution is 7.99. The van der Waals surface area contributed by atoms with Crippen LogP contribution in [0.5, 0.6) is 0 Å². The van der Waals surface area contributed by atoms with Gasteiger partial charge < -0.3 is 14.5 Å². The van der Waals surface area contributed by atoms with Gasteiger partial charge in [0.25, 0.3) is 0 Å². The molecule has 0 radical (unpaired) electrons. The van der Waals surface area contributed by atoms with Crippen molar-refractivity contribution in [2.24, 2.45) is 0 Å². The molecule has 0 saturated carbocycles. The topological polar surface area (TPSA) is 68.5 Å². The summed E-state index contributed by atoms with van der Waals surface area (Å²) >= 11 is 1.42. The molecule has 0 bridgehead atoms. The van der Waals surface area contributed by atoms with Crippen molar-refractivity contribution >= 4 is 29.3 Å². The maximum atomic E-state index is 11.9. The first-order chi connectivity index (χ1) is 11.0. The van der Waals surface area contributed by atoms with Crippen LogP contribution in [0.15, 0.2) is 34.7 Å². The number of esters is 1. The van der Waals surface area contributed by atoms with Crippen LogP contribution in [-0.4, -0.2) is 24.7 Å². The predicted molar refractivity (Wildman–Crippen MR) is 90.8 cm³/mol. The number of nitrogens with one attached hydrogen (secondary N) is 1. The van der Waals surface area contributed by atoms with Crippen LogP contribution in [0.25, 0.3) is 0 Å². The molecule has 23 heavy (non-hydrogen) atoms. The normalized spacial score (nSPS) is 10.4. The molecule has 1 N–H and O–H groups in total. The van der Waals surface area contributed by atoms with Crippen LogP contribution >= 0.6 is 11.8 Å². The van der Waals surface area contributed by atoms with Crippen LogP contribution in [0, 0.1) is 13.8 Å². The van der Waals surface area contributed by atoms with Crippen LogP contribution in [0.2, 0.25) is 0 Å². The van der Waals surface area contributed by atoms with Crippen LogP contribution in [-0.2, 0) is 15.3 Å². The number of carbonyl (C=O) groups excluding carboxylic acids is 2. The fraction of sp³-hybridized carbons (Fsp3) is 0.294. The van der Waals surface area contributed by atoms with Crippen LogP contribution in [0.1, 0.15) is 27.4 Å². The summed E-state index contributed by atoms with van der Waals surface area (Å²) in [5.74, 6) is 1.51. The number of hydrogen-bond acceptors (Lipinski definition) is 5. The van der Waals surface area contributed by atoms with Gasteiger partial charge in [-0.25, -0.2) is 4.79 Å². The van der Waals surface area contributed by atoms with Gasteiger partial charge in [-0.3, -0.25) is 4.79 Å². The third kappa shape index (κ3) is 4.63. The highest BCUT2D eigenvalue weighted by Crippen LogP contribution is 2.21. The van der Waals surface area contributed by atoms with Crippen molar-refractivity contribution in [2.75, 3.05) is 18.2 Å². The molecule has 2 aromatic rings. The Hall–Kier alpha value is -2.21.